The van der Waals surface area contributed by atoms with Gasteiger partial charge in [0.25, 0.3) is 0 Å². The molecule has 3 nitrogen and oxygen atoms in total. The Morgan fingerprint density at radius 2 is 2.24 bits per heavy atom. The van der Waals surface area contributed by atoms with Crippen molar-refractivity contribution in [2.45, 2.75) is 19.4 Å². The van der Waals surface area contributed by atoms with Gasteiger partial charge in [0.15, 0.2) is 5.78 Å². The molecule has 1 aliphatic rings. The second-order valence-electron chi connectivity index (χ2n) is 4.37. The molecule has 1 aliphatic heterocycles. The molecule has 5 heteroatoms. The number of nitrogens with one attached hydrogen (secondary N) is 1. The molecule has 0 aliphatic carbocycles. The van der Waals surface area contributed by atoms with Crippen LogP contribution >= 0.6 is 27.3 Å². The van der Waals surface area contributed by atoms with E-state index in [1.165, 1.54) is 11.3 Å². The highest BCUT2D eigenvalue weighted by atomic mass is 79.9. The number of piperazine rings is 1. The summed E-state index contributed by atoms with van der Waals surface area (Å²) >= 11 is 4.91. The van der Waals surface area contributed by atoms with Crippen LogP contribution in [0.5, 0.6) is 0 Å². The van der Waals surface area contributed by atoms with Crippen LogP contribution in [-0.4, -0.2) is 42.9 Å². The smallest absolute Gasteiger partial charge is 0.174 e. The van der Waals surface area contributed by atoms with Crippen molar-refractivity contribution >= 4 is 33.0 Å². The Hall–Kier alpha value is -0.230. The van der Waals surface area contributed by atoms with E-state index in [2.05, 4.69) is 33.1 Å². The molecule has 1 fully saturated rings. The van der Waals surface area contributed by atoms with Crippen LogP contribution in [0.1, 0.15) is 23.0 Å². The average Bonchev–Trinajstić information content (AvgIpc) is 2.77. The van der Waals surface area contributed by atoms with E-state index in [9.17, 15) is 4.79 Å². The number of hydrogen-bond donors (Lipinski definition) is 1. The molecule has 1 aromatic rings. The molecule has 0 bridgehead atoms. The quantitative estimate of drug-likeness (QED) is 0.866. The summed E-state index contributed by atoms with van der Waals surface area (Å²) < 4.78 is 1.02. The van der Waals surface area contributed by atoms with Gasteiger partial charge in [0.05, 0.1) is 8.66 Å². The molecule has 17 heavy (non-hydrogen) atoms. The van der Waals surface area contributed by atoms with Crippen molar-refractivity contribution in [1.82, 2.24) is 10.2 Å². The van der Waals surface area contributed by atoms with Gasteiger partial charge in [0.1, 0.15) is 0 Å². The van der Waals surface area contributed by atoms with E-state index >= 15 is 0 Å². The molecule has 2 heterocycles. The van der Waals surface area contributed by atoms with Gasteiger partial charge in [-0.3, -0.25) is 9.69 Å². The molecule has 94 valence electrons. The first-order chi connectivity index (χ1) is 8.16. The highest BCUT2D eigenvalue weighted by molar-refractivity contribution is 9.11. The molecule has 0 amide bonds. The first-order valence-corrected chi connectivity index (χ1v) is 7.51. The summed E-state index contributed by atoms with van der Waals surface area (Å²) in [5.41, 5.74) is 0. The van der Waals surface area contributed by atoms with E-state index in [1.807, 2.05) is 12.1 Å². The van der Waals surface area contributed by atoms with Gasteiger partial charge in [-0.25, -0.2) is 0 Å². The first kappa shape index (κ1) is 13.2. The van der Waals surface area contributed by atoms with Gasteiger partial charge in [-0.15, -0.1) is 11.3 Å². The van der Waals surface area contributed by atoms with Gasteiger partial charge in [0, 0.05) is 38.6 Å². The Morgan fingerprint density at radius 1 is 1.53 bits per heavy atom. The SMILES string of the molecule is CC(CC(=O)c1ccc(Br)s1)N1CCNCC1. The van der Waals surface area contributed by atoms with Crippen LogP contribution in [0.25, 0.3) is 0 Å². The number of Topliss-reactive ketones (excluding diaryl/α,β-unsaturated/α-hetero) is 1. The molecule has 1 aromatic heterocycles. The summed E-state index contributed by atoms with van der Waals surface area (Å²) in [6.07, 6.45) is 0.618. The zero-order chi connectivity index (χ0) is 12.3. The third-order valence-corrected chi connectivity index (χ3v) is 4.77. The lowest BCUT2D eigenvalue weighted by molar-refractivity contribution is 0.0922. The lowest BCUT2D eigenvalue weighted by Gasteiger charge is -2.32. The standard InChI is InChI=1S/C12H17BrN2OS/c1-9(15-6-4-14-5-7-15)8-10(16)11-2-3-12(13)17-11/h2-3,9,14H,4-8H2,1H3. The molecule has 0 aromatic carbocycles. The van der Waals surface area contributed by atoms with Crippen molar-refractivity contribution in [2.24, 2.45) is 0 Å². The summed E-state index contributed by atoms with van der Waals surface area (Å²) in [6, 6.07) is 4.18. The Bertz CT molecular complexity index is 388. The number of hydrogen-bond acceptors (Lipinski definition) is 4. The second kappa shape index (κ2) is 6.09. The van der Waals surface area contributed by atoms with Crippen LogP contribution in [0.3, 0.4) is 0 Å². The number of nitrogens with zero attached hydrogens (tertiary/aromatic N) is 1. The maximum Gasteiger partial charge on any atom is 0.174 e. The average molecular weight is 317 g/mol. The molecule has 1 atom stereocenters. The maximum absolute atomic E-state index is 12.1. The Kier molecular flexibility index (Phi) is 4.73. The zero-order valence-corrected chi connectivity index (χ0v) is 12.3. The second-order valence-corrected chi connectivity index (χ2v) is 6.83. The molecule has 1 N–H and O–H groups in total. The summed E-state index contributed by atoms with van der Waals surface area (Å²) in [5, 5.41) is 3.33. The molecule has 2 rings (SSSR count). The number of carbonyl (C=O) groups excluding carboxylic acids is 1. The van der Waals surface area contributed by atoms with Gasteiger partial charge in [-0.1, -0.05) is 0 Å². The van der Waals surface area contributed by atoms with Gasteiger partial charge >= 0.3 is 0 Å². The Morgan fingerprint density at radius 3 is 2.82 bits per heavy atom. The van der Waals surface area contributed by atoms with E-state index in [4.69, 9.17) is 0 Å². The van der Waals surface area contributed by atoms with Crippen molar-refractivity contribution in [3.05, 3.63) is 20.8 Å². The molecule has 1 unspecified atom stereocenters. The zero-order valence-electron chi connectivity index (χ0n) is 9.91. The minimum Gasteiger partial charge on any atom is -0.314 e. The van der Waals surface area contributed by atoms with Gasteiger partial charge in [0.2, 0.25) is 0 Å². The van der Waals surface area contributed by atoms with Crippen LogP contribution < -0.4 is 5.32 Å². The van der Waals surface area contributed by atoms with Crippen molar-refractivity contribution < 1.29 is 4.79 Å². The minimum absolute atomic E-state index is 0.256. The topological polar surface area (TPSA) is 32.3 Å². The molecular weight excluding hydrogens is 300 g/mol. The normalized spacial score (nSPS) is 19.2. The highest BCUT2D eigenvalue weighted by Crippen LogP contribution is 2.24. The first-order valence-electron chi connectivity index (χ1n) is 5.90. The number of halogens is 1. The molecule has 0 spiro atoms. The fraction of sp³-hybridized carbons (Fsp3) is 0.583. The highest BCUT2D eigenvalue weighted by Gasteiger charge is 2.20. The van der Waals surface area contributed by atoms with Gasteiger partial charge in [-0.2, -0.15) is 0 Å². The molecule has 1 saturated heterocycles. The fourth-order valence-electron chi connectivity index (χ4n) is 2.09. The number of rotatable bonds is 4. The number of ketones is 1. The van der Waals surface area contributed by atoms with Crippen molar-refractivity contribution in [2.75, 3.05) is 26.2 Å². The van der Waals surface area contributed by atoms with E-state index in [0.717, 1.165) is 34.8 Å². The third kappa shape index (κ3) is 3.61. The molecule has 0 radical (unpaired) electrons. The van der Waals surface area contributed by atoms with Gasteiger partial charge < -0.3 is 5.32 Å². The van der Waals surface area contributed by atoms with Gasteiger partial charge in [-0.05, 0) is 35.0 Å². The van der Waals surface area contributed by atoms with Crippen molar-refractivity contribution in [3.8, 4) is 0 Å². The fourth-order valence-corrected chi connectivity index (χ4v) is 3.42. The predicted octanol–water partition coefficient (Wildman–Crippen LogP) is 2.38. The van der Waals surface area contributed by atoms with E-state index in [-0.39, 0.29) is 5.78 Å². The summed E-state index contributed by atoms with van der Waals surface area (Å²) in [6.45, 7) is 6.29. The van der Waals surface area contributed by atoms with E-state index in [1.54, 1.807) is 0 Å². The van der Waals surface area contributed by atoms with Crippen molar-refractivity contribution in [3.63, 3.8) is 0 Å². The van der Waals surface area contributed by atoms with E-state index < -0.39 is 0 Å². The number of thiophene rings is 1. The third-order valence-electron chi connectivity index (χ3n) is 3.10. The van der Waals surface area contributed by atoms with Crippen LogP contribution in [-0.2, 0) is 0 Å². The maximum atomic E-state index is 12.1. The summed E-state index contributed by atoms with van der Waals surface area (Å²) in [4.78, 5) is 15.3. The van der Waals surface area contributed by atoms with Crippen molar-refractivity contribution in [1.29, 1.82) is 0 Å². The lowest BCUT2D eigenvalue weighted by Crippen LogP contribution is -2.47. The molecule has 0 saturated carbocycles. The Labute approximate surface area is 114 Å². The van der Waals surface area contributed by atoms with Crippen LogP contribution in [0.2, 0.25) is 0 Å². The summed E-state index contributed by atoms with van der Waals surface area (Å²) in [5.74, 6) is 0.256. The lowest BCUT2D eigenvalue weighted by atomic mass is 10.1. The van der Waals surface area contributed by atoms with E-state index in [0.29, 0.717) is 12.5 Å². The summed E-state index contributed by atoms with van der Waals surface area (Å²) in [7, 11) is 0. The minimum atomic E-state index is 0.256. The predicted molar refractivity (Wildman–Crippen MR) is 74.9 cm³/mol. The Balaban J connectivity index is 1.89. The van der Waals surface area contributed by atoms with Crippen LogP contribution in [0.15, 0.2) is 15.9 Å². The molecular formula is C12H17BrN2OS. The van der Waals surface area contributed by atoms with Crippen LogP contribution in [0, 0.1) is 0 Å². The monoisotopic (exact) mass is 316 g/mol. The van der Waals surface area contributed by atoms with Crippen LogP contribution in [0.4, 0.5) is 0 Å². The number of carbonyl (C=O) groups is 1. The largest absolute Gasteiger partial charge is 0.314 e.